The monoisotopic (exact) mass is 497 g/mol. The first-order chi connectivity index (χ1) is 15.4. The van der Waals surface area contributed by atoms with E-state index < -0.39 is 0 Å². The van der Waals surface area contributed by atoms with Crippen molar-refractivity contribution in [2.75, 3.05) is 0 Å². The van der Waals surface area contributed by atoms with Crippen molar-refractivity contribution in [2.45, 2.75) is 64.8 Å². The summed E-state index contributed by atoms with van der Waals surface area (Å²) in [5.41, 5.74) is 2.03. The van der Waals surface area contributed by atoms with Crippen LogP contribution in [0.3, 0.4) is 0 Å². The Morgan fingerprint density at radius 2 is 1.59 bits per heavy atom. The summed E-state index contributed by atoms with van der Waals surface area (Å²) < 4.78 is 3.15. The van der Waals surface area contributed by atoms with Crippen LogP contribution < -0.4 is 5.43 Å². The lowest BCUT2D eigenvalue weighted by molar-refractivity contribution is -0.122. The van der Waals surface area contributed by atoms with Gasteiger partial charge in [-0.15, -0.1) is 0 Å². The topological polar surface area (TPSA) is 73.2 Å². The number of halogens is 1. The molecule has 0 radical (unpaired) electrons. The van der Waals surface area contributed by atoms with Gasteiger partial charge in [0.2, 0.25) is 0 Å². The van der Waals surface area contributed by atoms with Crippen LogP contribution in [0.5, 0.6) is 0 Å². The molecule has 0 N–H and O–H groups in total. The Labute approximate surface area is 195 Å². The van der Waals surface area contributed by atoms with Crippen molar-refractivity contribution in [1.29, 1.82) is 0 Å². The van der Waals surface area contributed by atoms with Crippen LogP contribution in [0.4, 0.5) is 0 Å². The van der Waals surface area contributed by atoms with Crippen LogP contribution in [-0.4, -0.2) is 21.9 Å². The Balaban J connectivity index is 0.000000352. The number of para-hydroxylation sites is 1. The highest BCUT2D eigenvalue weighted by Crippen LogP contribution is 2.23. The van der Waals surface area contributed by atoms with Crippen molar-refractivity contribution < 1.29 is 14.4 Å². The van der Waals surface area contributed by atoms with E-state index in [0.717, 1.165) is 52.1 Å². The zero-order chi connectivity index (χ0) is 23.1. The predicted octanol–water partition coefficient (Wildman–Crippen LogP) is 5.77. The number of carbonyl (C=O) groups excluding carboxylic acids is 3. The lowest BCUT2D eigenvalue weighted by atomic mass is 10.1. The molecule has 1 aromatic heterocycles. The van der Waals surface area contributed by atoms with Gasteiger partial charge in [-0.25, -0.2) is 0 Å². The average Bonchev–Trinajstić information content (AvgIpc) is 3.18. The summed E-state index contributed by atoms with van der Waals surface area (Å²) in [7, 11) is 0. The van der Waals surface area contributed by atoms with E-state index in [9.17, 15) is 19.2 Å². The van der Waals surface area contributed by atoms with E-state index in [1.54, 1.807) is 0 Å². The highest BCUT2D eigenvalue weighted by molar-refractivity contribution is 9.10. The number of aryl methyl sites for hydroxylation is 1. The Hall–Kier alpha value is -2.60. The number of aromatic nitrogens is 1. The van der Waals surface area contributed by atoms with Gasteiger partial charge >= 0.3 is 0 Å². The lowest BCUT2D eigenvalue weighted by Crippen LogP contribution is -2.11. The Morgan fingerprint density at radius 1 is 0.906 bits per heavy atom. The molecule has 1 heterocycles. The van der Waals surface area contributed by atoms with E-state index >= 15 is 0 Å². The van der Waals surface area contributed by atoms with E-state index in [1.165, 1.54) is 0 Å². The number of rotatable bonds is 7. The number of pyridine rings is 1. The van der Waals surface area contributed by atoms with Gasteiger partial charge in [-0.2, -0.15) is 0 Å². The molecule has 0 aliphatic heterocycles. The molecule has 1 aliphatic rings. The quantitative estimate of drug-likeness (QED) is 0.236. The molecule has 1 aliphatic carbocycles. The van der Waals surface area contributed by atoms with Gasteiger partial charge in [0.25, 0.3) is 0 Å². The number of hydrogen-bond donors (Lipinski definition) is 0. The summed E-state index contributed by atoms with van der Waals surface area (Å²) in [5.74, 6) is 0.541. The number of hydrogen-bond acceptors (Lipinski definition) is 4. The second-order valence-electron chi connectivity index (χ2n) is 8.12. The van der Waals surface area contributed by atoms with Crippen LogP contribution in [0.15, 0.2) is 51.7 Å². The summed E-state index contributed by atoms with van der Waals surface area (Å²) in [6.07, 6.45) is 5.42. The third kappa shape index (κ3) is 6.00. The first-order valence-electron chi connectivity index (χ1n) is 11.2. The van der Waals surface area contributed by atoms with E-state index in [0.29, 0.717) is 31.5 Å². The van der Waals surface area contributed by atoms with Crippen LogP contribution in [0, 0.1) is 0 Å². The third-order valence-electron chi connectivity index (χ3n) is 5.74. The fourth-order valence-electron chi connectivity index (χ4n) is 3.96. The summed E-state index contributed by atoms with van der Waals surface area (Å²) >= 11 is 3.47. The number of nitrogens with zero attached hydrogens (tertiary/aromatic N) is 1. The van der Waals surface area contributed by atoms with Gasteiger partial charge in [0.1, 0.15) is 17.3 Å². The van der Waals surface area contributed by atoms with Gasteiger partial charge in [-0.1, -0.05) is 41.4 Å². The van der Waals surface area contributed by atoms with E-state index in [1.807, 2.05) is 49.4 Å². The van der Waals surface area contributed by atoms with Crippen LogP contribution in [0.2, 0.25) is 0 Å². The second-order valence-corrected chi connectivity index (χ2v) is 9.03. The Bertz CT molecular complexity index is 1200. The molecule has 0 spiro atoms. The predicted molar refractivity (Wildman–Crippen MR) is 131 cm³/mol. The van der Waals surface area contributed by atoms with Gasteiger partial charge in [-0.05, 0) is 43.2 Å². The molecule has 0 atom stereocenters. The van der Waals surface area contributed by atoms with Gasteiger partial charge in [-0.3, -0.25) is 19.2 Å². The molecule has 3 aromatic rings. The van der Waals surface area contributed by atoms with Crippen molar-refractivity contribution in [2.24, 2.45) is 0 Å². The van der Waals surface area contributed by atoms with Gasteiger partial charge in [0.15, 0.2) is 5.43 Å². The van der Waals surface area contributed by atoms with Crippen molar-refractivity contribution >= 4 is 55.1 Å². The largest absolute Gasteiger partial charge is 0.340 e. The summed E-state index contributed by atoms with van der Waals surface area (Å²) in [6.45, 7) is 2.76. The smallest absolute Gasteiger partial charge is 0.197 e. The zero-order valence-electron chi connectivity index (χ0n) is 18.4. The van der Waals surface area contributed by atoms with Crippen molar-refractivity contribution in [1.82, 2.24) is 4.57 Å². The molecule has 0 amide bonds. The minimum absolute atomic E-state index is 0.0803. The number of ketones is 3. The van der Waals surface area contributed by atoms with E-state index in [-0.39, 0.29) is 23.4 Å². The third-order valence-corrected chi connectivity index (χ3v) is 6.24. The van der Waals surface area contributed by atoms with Crippen molar-refractivity contribution in [3.8, 4) is 0 Å². The minimum atomic E-state index is 0.0803. The molecule has 0 saturated heterocycles. The highest BCUT2D eigenvalue weighted by atomic mass is 79.9. The molecule has 0 bridgehead atoms. The fraction of sp³-hybridized carbons (Fsp3) is 0.385. The van der Waals surface area contributed by atoms with Crippen LogP contribution in [0.1, 0.15) is 58.3 Å². The summed E-state index contributed by atoms with van der Waals surface area (Å²) in [6, 6.07) is 13.7. The standard InChI is InChI=1S/C21H22BrNO2.C5H6O2/c1-2-16(24)8-4-3-7-13-23-19-10-6-5-9-17(19)21(25)18-14-15(22)11-12-20(18)23;6-4-1-2-5(7)3-4/h5-6,9-12,14H,2-4,7-8,13H2,1H3;1-3H2. The molecule has 5 nitrogen and oxygen atoms in total. The first-order valence-corrected chi connectivity index (χ1v) is 12.0. The zero-order valence-corrected chi connectivity index (χ0v) is 19.9. The Morgan fingerprint density at radius 3 is 2.25 bits per heavy atom. The molecule has 6 heteroatoms. The maximum absolute atomic E-state index is 12.8. The van der Waals surface area contributed by atoms with E-state index in [2.05, 4.69) is 20.5 Å². The molecule has 4 rings (SSSR count). The SMILES string of the molecule is CCC(=O)CCCCCn1c2ccccc2c(=O)c2cc(Br)ccc21.O=C1CCC(=O)C1. The number of benzene rings is 2. The van der Waals surface area contributed by atoms with Crippen molar-refractivity contribution in [3.05, 3.63) is 57.2 Å². The average molecular weight is 498 g/mol. The van der Waals surface area contributed by atoms with Gasteiger partial charge in [0.05, 0.1) is 17.5 Å². The van der Waals surface area contributed by atoms with Crippen molar-refractivity contribution in [3.63, 3.8) is 0 Å². The van der Waals surface area contributed by atoms with E-state index in [4.69, 9.17) is 0 Å². The molecule has 32 heavy (non-hydrogen) atoms. The summed E-state index contributed by atoms with van der Waals surface area (Å²) in [4.78, 5) is 44.7. The van der Waals surface area contributed by atoms with Gasteiger partial charge in [0, 0.05) is 47.5 Å². The first kappa shape index (κ1) is 24.1. The lowest BCUT2D eigenvalue weighted by Gasteiger charge is -2.15. The maximum atomic E-state index is 12.8. The molecule has 168 valence electrons. The number of unbranched alkanes of at least 4 members (excludes halogenated alkanes) is 2. The number of carbonyl (C=O) groups is 3. The molecule has 2 aromatic carbocycles. The fourth-order valence-corrected chi connectivity index (χ4v) is 4.32. The summed E-state index contributed by atoms with van der Waals surface area (Å²) in [5, 5.41) is 1.50. The second kappa shape index (κ2) is 11.3. The van der Waals surface area contributed by atoms with Crippen LogP contribution in [0.25, 0.3) is 21.8 Å². The van der Waals surface area contributed by atoms with Crippen LogP contribution >= 0.6 is 15.9 Å². The molecule has 0 unspecified atom stereocenters. The number of fused-ring (bicyclic) bond motifs is 2. The molecule has 1 saturated carbocycles. The molecular formula is C26H28BrNO4. The Kier molecular flexibility index (Phi) is 8.51. The minimum Gasteiger partial charge on any atom is -0.340 e. The normalized spacial score (nSPS) is 13.4. The maximum Gasteiger partial charge on any atom is 0.197 e. The van der Waals surface area contributed by atoms with Gasteiger partial charge < -0.3 is 4.57 Å². The number of Topliss-reactive ketones (excluding diaryl/α,β-unsaturated/α-hetero) is 3. The highest BCUT2D eigenvalue weighted by Gasteiger charge is 2.17. The molecular weight excluding hydrogens is 470 g/mol. The van der Waals surface area contributed by atoms with Crippen LogP contribution in [-0.2, 0) is 20.9 Å². The molecule has 1 fully saturated rings.